The Labute approximate surface area is 467 Å². The number of aliphatic hydroxyl groups is 2. The fourth-order valence-corrected chi connectivity index (χ4v) is 11.5. The first-order valence-corrected chi connectivity index (χ1v) is 34.9. The van der Waals surface area contributed by atoms with Crippen LogP contribution in [0, 0.1) is 0 Å². The van der Waals surface area contributed by atoms with Gasteiger partial charge in [0.05, 0.1) is 18.8 Å². The van der Waals surface area contributed by atoms with Gasteiger partial charge >= 0.3 is 0 Å². The minimum atomic E-state index is -0.657. The molecule has 442 valence electrons. The lowest BCUT2D eigenvalue weighted by Crippen LogP contribution is -2.45. The first-order valence-electron chi connectivity index (χ1n) is 34.9. The average molecular weight is 1040 g/mol. The number of allylic oxidation sites excluding steroid dienone is 2. The van der Waals surface area contributed by atoms with E-state index in [9.17, 15) is 15.0 Å². The maximum Gasteiger partial charge on any atom is 0.220 e. The maximum atomic E-state index is 12.6. The molecule has 4 nitrogen and oxygen atoms in total. The first-order chi connectivity index (χ1) is 36.7. The van der Waals surface area contributed by atoms with Gasteiger partial charge in [-0.05, 0) is 38.5 Å². The second-order valence-corrected chi connectivity index (χ2v) is 24.3. The van der Waals surface area contributed by atoms with Gasteiger partial charge in [-0.15, -0.1) is 0 Å². The van der Waals surface area contributed by atoms with E-state index in [0.29, 0.717) is 12.8 Å². The van der Waals surface area contributed by atoms with Gasteiger partial charge in [-0.1, -0.05) is 379 Å². The molecule has 2 unspecified atom stereocenters. The number of carbonyl (C=O) groups excluding carboxylic acids is 1. The molecule has 3 N–H and O–H groups in total. The van der Waals surface area contributed by atoms with E-state index >= 15 is 0 Å². The first kappa shape index (κ1) is 73.1. The summed E-state index contributed by atoms with van der Waals surface area (Å²) >= 11 is 0. The third kappa shape index (κ3) is 62.0. The van der Waals surface area contributed by atoms with Crippen LogP contribution in [-0.4, -0.2) is 34.9 Å². The highest BCUT2D eigenvalue weighted by Gasteiger charge is 2.20. The van der Waals surface area contributed by atoms with E-state index in [1.54, 1.807) is 0 Å². The monoisotopic (exact) mass is 1040 g/mol. The van der Waals surface area contributed by atoms with Gasteiger partial charge in [-0.25, -0.2) is 0 Å². The highest BCUT2D eigenvalue weighted by molar-refractivity contribution is 5.76. The Hall–Kier alpha value is -0.870. The van der Waals surface area contributed by atoms with E-state index in [2.05, 4.69) is 31.3 Å². The Bertz CT molecular complexity index is 1040. The molecule has 0 aromatic heterocycles. The van der Waals surface area contributed by atoms with Gasteiger partial charge < -0.3 is 15.5 Å². The van der Waals surface area contributed by atoms with Crippen LogP contribution in [0.1, 0.15) is 412 Å². The van der Waals surface area contributed by atoms with Gasteiger partial charge in [0.25, 0.3) is 0 Å². The van der Waals surface area contributed by atoms with Crippen molar-refractivity contribution in [2.45, 2.75) is 424 Å². The summed E-state index contributed by atoms with van der Waals surface area (Å²) in [4.78, 5) is 12.6. The van der Waals surface area contributed by atoms with Gasteiger partial charge in [0.2, 0.25) is 5.91 Å². The summed E-state index contributed by atoms with van der Waals surface area (Å²) in [6.07, 6.45) is 88.5. The zero-order valence-electron chi connectivity index (χ0n) is 51.2. The van der Waals surface area contributed by atoms with E-state index in [4.69, 9.17) is 0 Å². The molecule has 1 amide bonds. The van der Waals surface area contributed by atoms with Gasteiger partial charge in [0, 0.05) is 6.42 Å². The van der Waals surface area contributed by atoms with Crippen molar-refractivity contribution in [3.05, 3.63) is 12.2 Å². The van der Waals surface area contributed by atoms with Gasteiger partial charge in [-0.3, -0.25) is 4.79 Å². The van der Waals surface area contributed by atoms with E-state index in [0.717, 1.165) is 25.7 Å². The zero-order valence-corrected chi connectivity index (χ0v) is 51.2. The quantitative estimate of drug-likeness (QED) is 0.0420. The standard InChI is InChI=1S/C70H139NO3/c1-3-5-7-9-11-13-15-17-19-21-23-25-27-28-29-30-31-32-33-34-35-36-37-38-39-40-41-42-44-46-48-50-52-54-56-58-60-62-64-66-70(74)71-68(67-72)69(73)65-63-61-59-57-55-53-51-49-47-45-43-26-24-22-20-18-16-14-12-10-8-6-4-2/h21,23,68-69,72-73H,3-20,22,24-67H2,1-2H3,(H,71,74)/b23-21-. The maximum absolute atomic E-state index is 12.6. The van der Waals surface area contributed by atoms with E-state index < -0.39 is 12.1 Å². The third-order valence-corrected chi connectivity index (χ3v) is 16.8. The lowest BCUT2D eigenvalue weighted by atomic mass is 10.0. The SMILES string of the molecule is CCCCCCCCCC/C=C\CCCCCCCCCCCCCCCCCCCCCCCCCCCCCC(=O)NC(CO)C(O)CCCCCCCCCCCCCCCCCCCCCCCCC. The molecule has 0 aromatic carbocycles. The van der Waals surface area contributed by atoms with Crippen molar-refractivity contribution in [2.75, 3.05) is 6.61 Å². The molecule has 0 heterocycles. The van der Waals surface area contributed by atoms with Crippen molar-refractivity contribution >= 4 is 5.91 Å². The Morgan fingerprint density at radius 1 is 0.311 bits per heavy atom. The molecule has 0 aliphatic carbocycles. The topological polar surface area (TPSA) is 69.6 Å². The van der Waals surface area contributed by atoms with Crippen molar-refractivity contribution in [1.29, 1.82) is 0 Å². The summed E-state index contributed by atoms with van der Waals surface area (Å²) in [6, 6.07) is -0.533. The van der Waals surface area contributed by atoms with E-state index in [-0.39, 0.29) is 12.5 Å². The molecule has 0 radical (unpaired) electrons. The van der Waals surface area contributed by atoms with Crippen molar-refractivity contribution in [1.82, 2.24) is 5.32 Å². The molecular formula is C70H139NO3. The molecule has 2 atom stereocenters. The minimum absolute atomic E-state index is 0.0205. The lowest BCUT2D eigenvalue weighted by Gasteiger charge is -2.22. The van der Waals surface area contributed by atoms with Crippen LogP contribution in [0.15, 0.2) is 12.2 Å². The number of rotatable bonds is 66. The molecule has 4 heteroatoms. The average Bonchev–Trinajstić information content (AvgIpc) is 3.40. The Morgan fingerprint density at radius 2 is 0.514 bits per heavy atom. The van der Waals surface area contributed by atoms with Crippen molar-refractivity contribution in [2.24, 2.45) is 0 Å². The number of aliphatic hydroxyl groups excluding tert-OH is 2. The number of hydrogen-bond acceptors (Lipinski definition) is 3. The molecule has 0 rings (SSSR count). The Morgan fingerprint density at radius 3 is 0.743 bits per heavy atom. The fraction of sp³-hybridized carbons (Fsp3) is 0.957. The highest BCUT2D eigenvalue weighted by Crippen LogP contribution is 2.20. The summed E-state index contributed by atoms with van der Waals surface area (Å²) in [7, 11) is 0. The molecule has 0 aromatic rings. The van der Waals surface area contributed by atoms with Crippen LogP contribution in [0.2, 0.25) is 0 Å². The molecule has 0 bridgehead atoms. The predicted molar refractivity (Wildman–Crippen MR) is 332 cm³/mol. The van der Waals surface area contributed by atoms with Crippen molar-refractivity contribution < 1.29 is 15.0 Å². The van der Waals surface area contributed by atoms with Crippen LogP contribution in [0.4, 0.5) is 0 Å². The molecule has 0 fully saturated rings. The molecule has 0 saturated carbocycles. The number of amides is 1. The molecule has 0 aliphatic heterocycles. The third-order valence-electron chi connectivity index (χ3n) is 16.8. The molecule has 0 spiro atoms. The molecular weight excluding hydrogens is 903 g/mol. The normalized spacial score (nSPS) is 12.6. The minimum Gasteiger partial charge on any atom is -0.394 e. The second-order valence-electron chi connectivity index (χ2n) is 24.3. The Balaban J connectivity index is 3.35. The van der Waals surface area contributed by atoms with Crippen LogP contribution < -0.4 is 5.32 Å². The summed E-state index contributed by atoms with van der Waals surface area (Å²) in [6.45, 7) is 4.41. The van der Waals surface area contributed by atoms with E-state index in [1.165, 1.54) is 360 Å². The zero-order chi connectivity index (χ0) is 53.4. The predicted octanol–water partition coefficient (Wildman–Crippen LogP) is 23.6. The van der Waals surface area contributed by atoms with Gasteiger partial charge in [-0.2, -0.15) is 0 Å². The highest BCUT2D eigenvalue weighted by atomic mass is 16.3. The van der Waals surface area contributed by atoms with Crippen LogP contribution >= 0.6 is 0 Å². The number of nitrogens with one attached hydrogen (secondary N) is 1. The summed E-state index contributed by atoms with van der Waals surface area (Å²) in [5.41, 5.74) is 0. The molecule has 0 aliphatic rings. The number of hydrogen-bond donors (Lipinski definition) is 3. The largest absolute Gasteiger partial charge is 0.394 e. The Kier molecular flexibility index (Phi) is 65.6. The lowest BCUT2D eigenvalue weighted by molar-refractivity contribution is -0.123. The summed E-state index contributed by atoms with van der Waals surface area (Å²) in [5.74, 6) is -0.0205. The van der Waals surface area contributed by atoms with Crippen molar-refractivity contribution in [3.8, 4) is 0 Å². The number of unbranched alkanes of at least 4 members (excludes halogenated alkanes) is 57. The van der Waals surface area contributed by atoms with Gasteiger partial charge in [0.15, 0.2) is 0 Å². The van der Waals surface area contributed by atoms with Crippen LogP contribution in [0.5, 0.6) is 0 Å². The van der Waals surface area contributed by atoms with Crippen LogP contribution in [0.25, 0.3) is 0 Å². The van der Waals surface area contributed by atoms with Crippen molar-refractivity contribution in [3.63, 3.8) is 0 Å². The smallest absolute Gasteiger partial charge is 0.220 e. The summed E-state index contributed by atoms with van der Waals surface area (Å²) < 4.78 is 0. The molecule has 0 saturated heterocycles. The number of carbonyl (C=O) groups is 1. The van der Waals surface area contributed by atoms with Gasteiger partial charge in [0.1, 0.15) is 0 Å². The van der Waals surface area contributed by atoms with Crippen LogP contribution in [0.3, 0.4) is 0 Å². The summed E-state index contributed by atoms with van der Waals surface area (Å²) in [5, 5.41) is 23.4. The molecule has 74 heavy (non-hydrogen) atoms. The van der Waals surface area contributed by atoms with E-state index in [1.807, 2.05) is 0 Å². The second kappa shape index (κ2) is 66.4. The fourth-order valence-electron chi connectivity index (χ4n) is 11.5. The van der Waals surface area contributed by atoms with Crippen LogP contribution in [-0.2, 0) is 4.79 Å².